The van der Waals surface area contributed by atoms with Crippen LogP contribution in [0.5, 0.6) is 0 Å². The van der Waals surface area contributed by atoms with Crippen LogP contribution < -0.4 is 5.73 Å². The molecule has 0 bridgehead atoms. The molecule has 68 valence electrons. The van der Waals surface area contributed by atoms with E-state index in [-0.39, 0.29) is 12.1 Å². The molecular formula is C6H8F3N3. The number of aryl methyl sites for hydroxylation is 1. The molecule has 0 radical (unpaired) electrons. The quantitative estimate of drug-likeness (QED) is 0.696. The van der Waals surface area contributed by atoms with E-state index in [9.17, 15) is 13.2 Å². The maximum atomic E-state index is 12.2. The van der Waals surface area contributed by atoms with Gasteiger partial charge in [0.05, 0.1) is 6.20 Å². The molecule has 1 aromatic heterocycles. The molecule has 0 saturated carbocycles. The Labute approximate surface area is 67.0 Å². The fourth-order valence-electron chi connectivity index (χ4n) is 0.998. The minimum Gasteiger partial charge on any atom is -0.326 e. The van der Waals surface area contributed by atoms with Crippen LogP contribution >= 0.6 is 0 Å². The standard InChI is InChI=1S/C6H8F3N3/c1-12-5(6(7,8)9)4(2-10)3-11-12/h3H,2,10H2,1H3. The number of nitrogens with two attached hydrogens (primary N) is 1. The predicted octanol–water partition coefficient (Wildman–Crippen LogP) is 0.898. The highest BCUT2D eigenvalue weighted by Crippen LogP contribution is 2.30. The van der Waals surface area contributed by atoms with E-state index in [2.05, 4.69) is 5.10 Å². The lowest BCUT2D eigenvalue weighted by Crippen LogP contribution is -2.15. The summed E-state index contributed by atoms with van der Waals surface area (Å²) in [5.74, 6) is 0. The van der Waals surface area contributed by atoms with Crippen LogP contribution in [0.25, 0.3) is 0 Å². The van der Waals surface area contributed by atoms with Crippen molar-refractivity contribution in [2.24, 2.45) is 12.8 Å². The summed E-state index contributed by atoms with van der Waals surface area (Å²) in [5, 5.41) is 3.47. The van der Waals surface area contributed by atoms with Gasteiger partial charge in [-0.05, 0) is 0 Å². The molecule has 0 fully saturated rings. The third-order valence-corrected chi connectivity index (χ3v) is 1.50. The summed E-state index contributed by atoms with van der Waals surface area (Å²) in [5.41, 5.74) is 4.35. The summed E-state index contributed by atoms with van der Waals surface area (Å²) in [6, 6.07) is 0. The van der Waals surface area contributed by atoms with Crippen molar-refractivity contribution in [1.29, 1.82) is 0 Å². The Balaban J connectivity index is 3.19. The minimum atomic E-state index is -4.38. The molecular weight excluding hydrogens is 171 g/mol. The molecule has 0 aliphatic carbocycles. The zero-order valence-electron chi connectivity index (χ0n) is 6.39. The molecule has 1 heterocycles. The first-order valence-corrected chi connectivity index (χ1v) is 3.25. The van der Waals surface area contributed by atoms with Crippen molar-refractivity contribution in [3.8, 4) is 0 Å². The van der Waals surface area contributed by atoms with Crippen LogP contribution in [-0.2, 0) is 19.8 Å². The molecule has 0 aromatic carbocycles. The van der Waals surface area contributed by atoms with E-state index >= 15 is 0 Å². The monoisotopic (exact) mass is 179 g/mol. The second-order valence-corrected chi connectivity index (χ2v) is 2.34. The normalized spacial score (nSPS) is 12.1. The van der Waals surface area contributed by atoms with Crippen LogP contribution in [0, 0.1) is 0 Å². The summed E-state index contributed by atoms with van der Waals surface area (Å²) in [6.07, 6.45) is -3.25. The van der Waals surface area contributed by atoms with E-state index in [1.54, 1.807) is 0 Å². The van der Waals surface area contributed by atoms with Crippen LogP contribution in [0.15, 0.2) is 6.20 Å². The van der Waals surface area contributed by atoms with Crippen LogP contribution in [0.4, 0.5) is 13.2 Å². The Morgan fingerprint density at radius 1 is 1.58 bits per heavy atom. The van der Waals surface area contributed by atoms with Gasteiger partial charge < -0.3 is 5.73 Å². The average Bonchev–Trinajstić information content (AvgIpc) is 2.29. The smallest absolute Gasteiger partial charge is 0.326 e. The van der Waals surface area contributed by atoms with Crippen LogP contribution in [0.2, 0.25) is 0 Å². The second kappa shape index (κ2) is 2.78. The molecule has 0 aliphatic heterocycles. The van der Waals surface area contributed by atoms with Gasteiger partial charge in [-0.1, -0.05) is 0 Å². The van der Waals surface area contributed by atoms with Gasteiger partial charge in [0.2, 0.25) is 0 Å². The van der Waals surface area contributed by atoms with Crippen molar-refractivity contribution >= 4 is 0 Å². The summed E-state index contributed by atoms with van der Waals surface area (Å²) in [6.45, 7) is -0.150. The zero-order valence-corrected chi connectivity index (χ0v) is 6.39. The van der Waals surface area contributed by atoms with E-state index in [0.29, 0.717) is 0 Å². The Morgan fingerprint density at radius 3 is 2.50 bits per heavy atom. The molecule has 12 heavy (non-hydrogen) atoms. The molecule has 0 aliphatic rings. The first-order chi connectivity index (χ1) is 5.46. The van der Waals surface area contributed by atoms with E-state index < -0.39 is 11.9 Å². The topological polar surface area (TPSA) is 43.8 Å². The Morgan fingerprint density at radius 2 is 2.17 bits per heavy atom. The molecule has 1 aromatic rings. The lowest BCUT2D eigenvalue weighted by atomic mass is 10.2. The third kappa shape index (κ3) is 1.42. The number of halogens is 3. The molecule has 1 rings (SSSR count). The number of alkyl halides is 3. The molecule has 0 unspecified atom stereocenters. The molecule has 0 saturated heterocycles. The van der Waals surface area contributed by atoms with E-state index in [1.165, 1.54) is 7.05 Å². The lowest BCUT2D eigenvalue weighted by Gasteiger charge is -2.08. The van der Waals surface area contributed by atoms with Crippen molar-refractivity contribution in [1.82, 2.24) is 9.78 Å². The highest BCUT2D eigenvalue weighted by Gasteiger charge is 2.36. The van der Waals surface area contributed by atoms with Crippen LogP contribution in [0.1, 0.15) is 11.3 Å². The highest BCUT2D eigenvalue weighted by atomic mass is 19.4. The highest BCUT2D eigenvalue weighted by molar-refractivity contribution is 5.20. The summed E-state index contributed by atoms with van der Waals surface area (Å²) in [4.78, 5) is 0. The number of nitrogens with zero attached hydrogens (tertiary/aromatic N) is 2. The lowest BCUT2D eigenvalue weighted by molar-refractivity contribution is -0.144. The number of hydrogen-bond acceptors (Lipinski definition) is 2. The maximum Gasteiger partial charge on any atom is 0.433 e. The predicted molar refractivity (Wildman–Crippen MR) is 36.1 cm³/mol. The molecule has 0 spiro atoms. The van der Waals surface area contributed by atoms with Gasteiger partial charge in [0.1, 0.15) is 5.69 Å². The van der Waals surface area contributed by atoms with Gasteiger partial charge in [-0.25, -0.2) is 0 Å². The van der Waals surface area contributed by atoms with Gasteiger partial charge in [-0.3, -0.25) is 4.68 Å². The van der Waals surface area contributed by atoms with E-state index in [4.69, 9.17) is 5.73 Å². The van der Waals surface area contributed by atoms with Gasteiger partial charge in [0, 0.05) is 19.2 Å². The molecule has 0 atom stereocenters. The van der Waals surface area contributed by atoms with Crippen molar-refractivity contribution in [2.75, 3.05) is 0 Å². The van der Waals surface area contributed by atoms with E-state index in [0.717, 1.165) is 10.9 Å². The van der Waals surface area contributed by atoms with Crippen molar-refractivity contribution < 1.29 is 13.2 Å². The summed E-state index contributed by atoms with van der Waals surface area (Å²) < 4.78 is 37.4. The maximum absolute atomic E-state index is 12.2. The third-order valence-electron chi connectivity index (χ3n) is 1.50. The average molecular weight is 179 g/mol. The van der Waals surface area contributed by atoms with Crippen molar-refractivity contribution in [3.63, 3.8) is 0 Å². The fraction of sp³-hybridized carbons (Fsp3) is 0.500. The number of rotatable bonds is 1. The Hall–Kier alpha value is -1.04. The zero-order chi connectivity index (χ0) is 9.35. The van der Waals surface area contributed by atoms with E-state index in [1.807, 2.05) is 0 Å². The molecule has 0 amide bonds. The van der Waals surface area contributed by atoms with Gasteiger partial charge in [0.15, 0.2) is 0 Å². The van der Waals surface area contributed by atoms with Crippen molar-refractivity contribution in [3.05, 3.63) is 17.5 Å². The van der Waals surface area contributed by atoms with Crippen LogP contribution in [-0.4, -0.2) is 9.78 Å². The number of aromatic nitrogens is 2. The first kappa shape index (κ1) is 9.05. The van der Waals surface area contributed by atoms with Gasteiger partial charge in [-0.2, -0.15) is 18.3 Å². The SMILES string of the molecule is Cn1ncc(CN)c1C(F)(F)F. The number of hydrogen-bond donors (Lipinski definition) is 1. The summed E-state index contributed by atoms with van der Waals surface area (Å²) in [7, 11) is 1.24. The van der Waals surface area contributed by atoms with Gasteiger partial charge >= 0.3 is 6.18 Å². The summed E-state index contributed by atoms with van der Waals surface area (Å²) >= 11 is 0. The second-order valence-electron chi connectivity index (χ2n) is 2.34. The minimum absolute atomic E-state index is 0.0185. The molecule has 6 heteroatoms. The molecule has 3 nitrogen and oxygen atoms in total. The molecule has 2 N–H and O–H groups in total. The first-order valence-electron chi connectivity index (χ1n) is 3.25. The van der Waals surface area contributed by atoms with Crippen molar-refractivity contribution in [2.45, 2.75) is 12.7 Å². The Bertz CT molecular complexity index is 276. The Kier molecular flexibility index (Phi) is 2.10. The largest absolute Gasteiger partial charge is 0.433 e. The van der Waals surface area contributed by atoms with Crippen LogP contribution in [0.3, 0.4) is 0 Å². The fourth-order valence-corrected chi connectivity index (χ4v) is 0.998. The van der Waals surface area contributed by atoms with Gasteiger partial charge in [-0.15, -0.1) is 0 Å². The van der Waals surface area contributed by atoms with Gasteiger partial charge in [0.25, 0.3) is 0 Å².